The highest BCUT2D eigenvalue weighted by molar-refractivity contribution is 5.85. The molecule has 0 saturated carbocycles. The first kappa shape index (κ1) is 10.0. The molecule has 0 aromatic heterocycles. The van der Waals surface area contributed by atoms with Gasteiger partial charge >= 0.3 is 0 Å². The molecule has 15 heavy (non-hydrogen) atoms. The van der Waals surface area contributed by atoms with Crippen molar-refractivity contribution in [2.45, 2.75) is 26.3 Å². The van der Waals surface area contributed by atoms with Crippen LogP contribution in [-0.2, 0) is 0 Å². The molecule has 0 saturated heterocycles. The lowest BCUT2D eigenvalue weighted by molar-refractivity contribution is 0.764. The van der Waals surface area contributed by atoms with E-state index in [9.17, 15) is 0 Å². The largest absolute Gasteiger partial charge is 0.383 e. The Morgan fingerprint density at radius 1 is 1.07 bits per heavy atom. The predicted molar refractivity (Wildman–Crippen MR) is 67.3 cm³/mol. The second kappa shape index (κ2) is 4.35. The van der Waals surface area contributed by atoms with Gasteiger partial charge in [-0.2, -0.15) is 0 Å². The Labute approximate surface area is 91.1 Å². The Kier molecular flexibility index (Phi) is 2.91. The van der Waals surface area contributed by atoms with Crippen molar-refractivity contribution >= 4 is 16.5 Å². The fourth-order valence-electron chi connectivity index (χ4n) is 1.67. The Hall–Kier alpha value is -1.50. The summed E-state index contributed by atoms with van der Waals surface area (Å²) in [6.45, 7) is 4.40. The summed E-state index contributed by atoms with van der Waals surface area (Å²) < 4.78 is 0. The molecule has 0 unspecified atom stereocenters. The maximum atomic E-state index is 3.48. The van der Waals surface area contributed by atoms with Crippen molar-refractivity contribution in [2.75, 3.05) is 5.32 Å². The SMILES string of the molecule is CC[C@H](C)Nc1ccc2ccccc2c1. The lowest BCUT2D eigenvalue weighted by atomic mass is 10.1. The Morgan fingerprint density at radius 3 is 2.53 bits per heavy atom. The number of anilines is 1. The van der Waals surface area contributed by atoms with Gasteiger partial charge < -0.3 is 5.32 Å². The van der Waals surface area contributed by atoms with E-state index in [4.69, 9.17) is 0 Å². The Morgan fingerprint density at radius 2 is 1.80 bits per heavy atom. The molecule has 0 fully saturated rings. The fourth-order valence-corrected chi connectivity index (χ4v) is 1.67. The molecule has 0 aliphatic rings. The van der Waals surface area contributed by atoms with Gasteiger partial charge in [0.05, 0.1) is 0 Å². The smallest absolute Gasteiger partial charge is 0.0348 e. The lowest BCUT2D eigenvalue weighted by Crippen LogP contribution is -2.12. The van der Waals surface area contributed by atoms with Gasteiger partial charge in [0.15, 0.2) is 0 Å². The molecular weight excluding hydrogens is 182 g/mol. The maximum Gasteiger partial charge on any atom is 0.0348 e. The van der Waals surface area contributed by atoms with Gasteiger partial charge in [-0.05, 0) is 36.2 Å². The molecule has 1 nitrogen and oxygen atoms in total. The van der Waals surface area contributed by atoms with Crippen LogP contribution in [0, 0.1) is 0 Å². The number of nitrogens with one attached hydrogen (secondary N) is 1. The van der Waals surface area contributed by atoms with Crippen LogP contribution in [0.1, 0.15) is 20.3 Å². The van der Waals surface area contributed by atoms with E-state index in [1.54, 1.807) is 0 Å². The Balaban J connectivity index is 2.30. The molecule has 1 atom stereocenters. The van der Waals surface area contributed by atoms with Gasteiger partial charge in [0.2, 0.25) is 0 Å². The van der Waals surface area contributed by atoms with Gasteiger partial charge in [-0.25, -0.2) is 0 Å². The van der Waals surface area contributed by atoms with Crippen LogP contribution in [0.15, 0.2) is 42.5 Å². The van der Waals surface area contributed by atoms with E-state index in [1.807, 2.05) is 0 Å². The van der Waals surface area contributed by atoms with Crippen LogP contribution >= 0.6 is 0 Å². The highest BCUT2D eigenvalue weighted by Crippen LogP contribution is 2.19. The first-order chi connectivity index (χ1) is 7.29. The molecule has 0 amide bonds. The summed E-state index contributed by atoms with van der Waals surface area (Å²) in [7, 11) is 0. The van der Waals surface area contributed by atoms with Crippen molar-refractivity contribution < 1.29 is 0 Å². The normalized spacial score (nSPS) is 12.7. The number of hydrogen-bond donors (Lipinski definition) is 1. The molecule has 1 N–H and O–H groups in total. The first-order valence-corrected chi connectivity index (χ1v) is 5.55. The lowest BCUT2D eigenvalue weighted by Gasteiger charge is -2.13. The van der Waals surface area contributed by atoms with Crippen molar-refractivity contribution in [1.82, 2.24) is 0 Å². The quantitative estimate of drug-likeness (QED) is 0.786. The third kappa shape index (κ3) is 2.30. The highest BCUT2D eigenvalue weighted by atomic mass is 14.9. The van der Waals surface area contributed by atoms with Gasteiger partial charge in [-0.3, -0.25) is 0 Å². The van der Waals surface area contributed by atoms with Gasteiger partial charge in [0.1, 0.15) is 0 Å². The van der Waals surface area contributed by atoms with Crippen molar-refractivity contribution in [3.05, 3.63) is 42.5 Å². The van der Waals surface area contributed by atoms with Crippen LogP contribution in [0.5, 0.6) is 0 Å². The molecule has 0 heterocycles. The second-order valence-electron chi connectivity index (χ2n) is 4.02. The minimum atomic E-state index is 0.533. The summed E-state index contributed by atoms with van der Waals surface area (Å²) >= 11 is 0. The van der Waals surface area contributed by atoms with Crippen LogP contribution in [0.4, 0.5) is 5.69 Å². The summed E-state index contributed by atoms with van der Waals surface area (Å²) in [5.74, 6) is 0. The van der Waals surface area contributed by atoms with Crippen molar-refractivity contribution in [1.29, 1.82) is 0 Å². The van der Waals surface area contributed by atoms with Crippen LogP contribution in [0.25, 0.3) is 10.8 Å². The molecule has 1 heteroatoms. The van der Waals surface area contributed by atoms with Crippen LogP contribution in [0.3, 0.4) is 0 Å². The van der Waals surface area contributed by atoms with Gasteiger partial charge in [0.25, 0.3) is 0 Å². The average molecular weight is 199 g/mol. The van der Waals surface area contributed by atoms with E-state index in [2.05, 4.69) is 61.6 Å². The molecule has 78 valence electrons. The summed E-state index contributed by atoms with van der Waals surface area (Å²) in [5, 5.41) is 6.08. The summed E-state index contributed by atoms with van der Waals surface area (Å²) in [6.07, 6.45) is 1.15. The predicted octanol–water partition coefficient (Wildman–Crippen LogP) is 4.05. The van der Waals surface area contributed by atoms with Crippen molar-refractivity contribution in [3.8, 4) is 0 Å². The highest BCUT2D eigenvalue weighted by Gasteiger charge is 1.99. The number of rotatable bonds is 3. The first-order valence-electron chi connectivity index (χ1n) is 5.55. The van der Waals surface area contributed by atoms with Crippen molar-refractivity contribution in [3.63, 3.8) is 0 Å². The van der Waals surface area contributed by atoms with Crippen LogP contribution < -0.4 is 5.32 Å². The fraction of sp³-hybridized carbons (Fsp3) is 0.286. The van der Waals surface area contributed by atoms with E-state index in [0.29, 0.717) is 6.04 Å². The monoisotopic (exact) mass is 199 g/mol. The molecule has 0 aliphatic carbocycles. The molecule has 0 radical (unpaired) electrons. The van der Waals surface area contributed by atoms with Crippen LogP contribution in [0.2, 0.25) is 0 Å². The third-order valence-electron chi connectivity index (χ3n) is 2.77. The van der Waals surface area contributed by atoms with Gasteiger partial charge in [-0.15, -0.1) is 0 Å². The zero-order valence-corrected chi connectivity index (χ0v) is 9.33. The van der Waals surface area contributed by atoms with Crippen molar-refractivity contribution in [2.24, 2.45) is 0 Å². The molecule has 0 spiro atoms. The van der Waals surface area contributed by atoms with Gasteiger partial charge in [0, 0.05) is 11.7 Å². The molecule has 2 aromatic carbocycles. The average Bonchev–Trinajstić information content (AvgIpc) is 2.29. The molecule has 0 aliphatic heterocycles. The Bertz CT molecular complexity index is 448. The van der Waals surface area contributed by atoms with E-state index >= 15 is 0 Å². The maximum absolute atomic E-state index is 3.48. The number of fused-ring (bicyclic) bond motifs is 1. The summed E-state index contributed by atoms with van der Waals surface area (Å²) in [4.78, 5) is 0. The summed E-state index contributed by atoms with van der Waals surface area (Å²) in [6, 6.07) is 15.5. The van der Waals surface area contributed by atoms with Crippen LogP contribution in [-0.4, -0.2) is 6.04 Å². The zero-order valence-electron chi connectivity index (χ0n) is 9.33. The second-order valence-corrected chi connectivity index (χ2v) is 4.02. The number of hydrogen-bond acceptors (Lipinski definition) is 1. The third-order valence-corrected chi connectivity index (χ3v) is 2.77. The van der Waals surface area contributed by atoms with E-state index in [-0.39, 0.29) is 0 Å². The minimum Gasteiger partial charge on any atom is -0.383 e. The molecule has 0 bridgehead atoms. The number of benzene rings is 2. The topological polar surface area (TPSA) is 12.0 Å². The van der Waals surface area contributed by atoms with E-state index < -0.39 is 0 Å². The summed E-state index contributed by atoms with van der Waals surface area (Å²) in [5.41, 5.74) is 1.21. The standard InChI is InChI=1S/C14H17N/c1-3-11(2)15-14-9-8-12-6-4-5-7-13(12)10-14/h4-11,15H,3H2,1-2H3/t11-/m0/s1. The van der Waals surface area contributed by atoms with Gasteiger partial charge in [-0.1, -0.05) is 37.3 Å². The molecule has 2 aromatic rings. The van der Waals surface area contributed by atoms with E-state index in [0.717, 1.165) is 6.42 Å². The molecule has 2 rings (SSSR count). The van der Waals surface area contributed by atoms with E-state index in [1.165, 1.54) is 16.5 Å². The minimum absolute atomic E-state index is 0.533. The zero-order chi connectivity index (χ0) is 10.7. The molecular formula is C14H17N.